The molecule has 42 heavy (non-hydrogen) atoms. The number of amides is 1. The molecular weight excluding hydrogens is 572 g/mol. The number of pyridine rings is 2. The number of hydrogen-bond donors (Lipinski definition) is 3. The molecule has 1 saturated heterocycles. The number of likely N-dealkylation sites (tertiary alicyclic amines) is 1. The predicted octanol–water partition coefficient (Wildman–Crippen LogP) is 4.93. The first-order valence-corrected chi connectivity index (χ1v) is 13.0. The van der Waals surface area contributed by atoms with Crippen LogP contribution in [-0.4, -0.2) is 45.0 Å². The molecule has 2 aromatic heterocycles. The molecule has 5 rings (SSSR count). The summed E-state index contributed by atoms with van der Waals surface area (Å²) in [7, 11) is 1.64. The summed E-state index contributed by atoms with van der Waals surface area (Å²) < 4.78 is 35.4. The van der Waals surface area contributed by atoms with Gasteiger partial charge in [0.2, 0.25) is 5.43 Å². The van der Waals surface area contributed by atoms with Crippen LogP contribution >= 0.6 is 11.6 Å². The van der Waals surface area contributed by atoms with Crippen molar-refractivity contribution in [1.82, 2.24) is 14.5 Å². The van der Waals surface area contributed by atoms with Crippen molar-refractivity contribution in [3.63, 3.8) is 0 Å². The molecule has 3 heterocycles. The number of ether oxygens (including phenoxy) is 1. The average Bonchev–Trinajstić information content (AvgIpc) is 3.35. The molecule has 2 aromatic carbocycles. The standard InChI is InChI=1S/C29H24ClF2N5O5/c1-36-12-2-10-29(36,28(40)41)37-14-19(16-3-5-17(31)6-4-16)25(38)20(15-37)27(39)35-18-7-8-22(21(32)13-18)42-23-9-11-34-26(33)24(23)30/h3-9,11,13-15H,2,10,12H2,1H3,(H2,33,34)(H,35,39)(H,40,41)/t29-/m0/s1. The molecule has 1 atom stereocenters. The van der Waals surface area contributed by atoms with Gasteiger partial charge in [0, 0.05) is 48.5 Å². The number of likely N-dealkylation sites (N-methyl/N-ethyl adjacent to an activating group) is 1. The van der Waals surface area contributed by atoms with Crippen LogP contribution in [0.5, 0.6) is 11.5 Å². The largest absolute Gasteiger partial charge is 0.478 e. The van der Waals surface area contributed by atoms with Crippen molar-refractivity contribution in [3.05, 3.63) is 99.6 Å². The van der Waals surface area contributed by atoms with Gasteiger partial charge >= 0.3 is 5.97 Å². The van der Waals surface area contributed by atoms with Gasteiger partial charge in [0.15, 0.2) is 23.0 Å². The molecule has 216 valence electrons. The number of nitrogens with zero attached hydrogens (tertiary/aromatic N) is 3. The van der Waals surface area contributed by atoms with E-state index in [2.05, 4.69) is 10.3 Å². The van der Waals surface area contributed by atoms with Crippen molar-refractivity contribution >= 4 is 35.0 Å². The summed E-state index contributed by atoms with van der Waals surface area (Å²) in [4.78, 5) is 45.0. The monoisotopic (exact) mass is 595 g/mol. The molecule has 0 spiro atoms. The van der Waals surface area contributed by atoms with Gasteiger partial charge in [0.1, 0.15) is 22.2 Å². The van der Waals surface area contributed by atoms with E-state index < -0.39 is 40.2 Å². The summed E-state index contributed by atoms with van der Waals surface area (Å²) in [6.07, 6.45) is 4.64. The van der Waals surface area contributed by atoms with Gasteiger partial charge < -0.3 is 25.5 Å². The van der Waals surface area contributed by atoms with Crippen molar-refractivity contribution in [3.8, 4) is 22.6 Å². The Morgan fingerprint density at radius 2 is 1.86 bits per heavy atom. The number of carboxylic acid groups (broad SMARTS) is 1. The Morgan fingerprint density at radius 1 is 1.12 bits per heavy atom. The molecule has 1 aliphatic heterocycles. The fourth-order valence-corrected chi connectivity index (χ4v) is 5.08. The van der Waals surface area contributed by atoms with Crippen molar-refractivity contribution in [2.75, 3.05) is 24.6 Å². The van der Waals surface area contributed by atoms with E-state index in [0.29, 0.717) is 13.0 Å². The second-order valence-corrected chi connectivity index (χ2v) is 10.1. The van der Waals surface area contributed by atoms with Crippen molar-refractivity contribution in [1.29, 1.82) is 0 Å². The van der Waals surface area contributed by atoms with Crippen LogP contribution in [0.3, 0.4) is 0 Å². The SMILES string of the molecule is CN1CCC[C@@]1(C(=O)O)n1cc(C(=O)Nc2ccc(Oc3ccnc(N)c3Cl)c(F)c2)c(=O)c(-c2ccc(F)cc2)c1. The zero-order valence-corrected chi connectivity index (χ0v) is 22.9. The number of anilines is 2. The van der Waals surface area contributed by atoms with E-state index in [1.165, 1.54) is 53.5 Å². The molecule has 0 saturated carbocycles. The first-order valence-electron chi connectivity index (χ1n) is 12.7. The summed E-state index contributed by atoms with van der Waals surface area (Å²) in [6.45, 7) is 0.469. The first kappa shape index (κ1) is 28.7. The van der Waals surface area contributed by atoms with Crippen molar-refractivity contribution < 1.29 is 28.2 Å². The van der Waals surface area contributed by atoms with Gasteiger partial charge in [0.05, 0.1) is 0 Å². The zero-order chi connectivity index (χ0) is 30.2. The van der Waals surface area contributed by atoms with E-state index in [-0.39, 0.29) is 45.6 Å². The number of hydrogen-bond acceptors (Lipinski definition) is 7. The molecule has 0 unspecified atom stereocenters. The molecule has 0 bridgehead atoms. The molecule has 1 aliphatic rings. The second-order valence-electron chi connectivity index (χ2n) is 9.69. The Labute approximate surface area is 242 Å². The minimum Gasteiger partial charge on any atom is -0.478 e. The van der Waals surface area contributed by atoms with Gasteiger partial charge in [0.25, 0.3) is 5.91 Å². The maximum Gasteiger partial charge on any atom is 0.345 e. The third kappa shape index (κ3) is 5.17. The molecule has 10 nitrogen and oxygen atoms in total. The van der Waals surface area contributed by atoms with Gasteiger partial charge in [-0.15, -0.1) is 0 Å². The number of aliphatic carboxylic acids is 1. The van der Waals surface area contributed by atoms with E-state index in [4.69, 9.17) is 22.1 Å². The van der Waals surface area contributed by atoms with Gasteiger partial charge in [-0.2, -0.15) is 0 Å². The quantitative estimate of drug-likeness (QED) is 0.273. The van der Waals surface area contributed by atoms with Crippen LogP contribution < -0.4 is 21.2 Å². The van der Waals surface area contributed by atoms with Gasteiger partial charge in [-0.25, -0.2) is 18.6 Å². The lowest BCUT2D eigenvalue weighted by atomic mass is 10.0. The summed E-state index contributed by atoms with van der Waals surface area (Å²) in [5.74, 6) is -3.60. The molecule has 1 amide bonds. The highest BCUT2D eigenvalue weighted by Crippen LogP contribution is 2.35. The van der Waals surface area contributed by atoms with E-state index in [1.807, 2.05) is 0 Å². The van der Waals surface area contributed by atoms with Gasteiger partial charge in [-0.3, -0.25) is 14.5 Å². The number of rotatable bonds is 7. The van der Waals surface area contributed by atoms with Crippen LogP contribution in [0.25, 0.3) is 11.1 Å². The fraction of sp³-hybridized carbons (Fsp3) is 0.172. The molecule has 13 heteroatoms. The van der Waals surface area contributed by atoms with Crippen LogP contribution in [0.2, 0.25) is 5.02 Å². The molecule has 4 aromatic rings. The highest BCUT2D eigenvalue weighted by atomic mass is 35.5. The van der Waals surface area contributed by atoms with E-state index in [1.54, 1.807) is 11.9 Å². The van der Waals surface area contributed by atoms with E-state index in [9.17, 15) is 28.3 Å². The van der Waals surface area contributed by atoms with Crippen molar-refractivity contribution in [2.24, 2.45) is 0 Å². The summed E-state index contributed by atoms with van der Waals surface area (Å²) in [6, 6.07) is 10.0. The number of nitrogens with two attached hydrogens (primary N) is 1. The summed E-state index contributed by atoms with van der Waals surface area (Å²) in [5, 5.41) is 12.7. The maximum atomic E-state index is 14.9. The normalized spacial score (nSPS) is 16.8. The van der Waals surface area contributed by atoms with Crippen LogP contribution in [0.4, 0.5) is 20.3 Å². The highest BCUT2D eigenvalue weighted by molar-refractivity contribution is 6.34. The van der Waals surface area contributed by atoms with E-state index >= 15 is 0 Å². The van der Waals surface area contributed by atoms with Crippen molar-refractivity contribution in [2.45, 2.75) is 18.5 Å². The molecule has 0 radical (unpaired) electrons. The Kier molecular flexibility index (Phi) is 7.67. The number of carbonyl (C=O) groups excluding carboxylic acids is 1. The number of nitrogen functional groups attached to an aromatic ring is 1. The molecule has 4 N–H and O–H groups in total. The average molecular weight is 596 g/mol. The third-order valence-corrected chi connectivity index (χ3v) is 7.52. The summed E-state index contributed by atoms with van der Waals surface area (Å²) >= 11 is 6.06. The number of nitrogens with one attached hydrogen (secondary N) is 1. The minimum atomic E-state index is -1.57. The number of halogens is 3. The zero-order valence-electron chi connectivity index (χ0n) is 22.1. The van der Waals surface area contributed by atoms with E-state index in [0.717, 1.165) is 18.2 Å². The van der Waals surface area contributed by atoms with Gasteiger partial charge in [-0.05, 0) is 49.7 Å². The number of carboxylic acids is 1. The molecule has 0 aliphatic carbocycles. The molecular formula is C29H24ClF2N5O5. The predicted molar refractivity (Wildman–Crippen MR) is 152 cm³/mol. The topological polar surface area (TPSA) is 140 Å². The summed E-state index contributed by atoms with van der Waals surface area (Å²) in [5.41, 5.74) is 3.24. The Bertz CT molecular complexity index is 1760. The Balaban J connectivity index is 1.53. The third-order valence-electron chi connectivity index (χ3n) is 7.14. The maximum absolute atomic E-state index is 14.9. The smallest absolute Gasteiger partial charge is 0.345 e. The Hall–Kier alpha value is -4.81. The minimum absolute atomic E-state index is 0.000424. The van der Waals surface area contributed by atoms with Crippen LogP contribution in [-0.2, 0) is 10.5 Å². The van der Waals surface area contributed by atoms with Crippen LogP contribution in [0.1, 0.15) is 23.2 Å². The van der Waals surface area contributed by atoms with Gasteiger partial charge in [-0.1, -0.05) is 23.7 Å². The fourth-order valence-electron chi connectivity index (χ4n) is 4.93. The lowest BCUT2D eigenvalue weighted by molar-refractivity contribution is -0.155. The number of benzene rings is 2. The Morgan fingerprint density at radius 3 is 2.50 bits per heavy atom. The highest BCUT2D eigenvalue weighted by Gasteiger charge is 2.47. The number of aromatic nitrogens is 2. The number of carbonyl (C=O) groups is 2. The second kappa shape index (κ2) is 11.2. The lowest BCUT2D eigenvalue weighted by Gasteiger charge is -2.35. The molecule has 1 fully saturated rings. The lowest BCUT2D eigenvalue weighted by Crippen LogP contribution is -2.51. The van der Waals surface area contributed by atoms with Crippen LogP contribution in [0, 0.1) is 11.6 Å². The van der Waals surface area contributed by atoms with Crippen LogP contribution in [0.15, 0.2) is 71.9 Å². The first-order chi connectivity index (χ1) is 20.0.